The average Bonchev–Trinajstić information content (AvgIpc) is 3.47. The Balaban J connectivity index is 1.27. The van der Waals surface area contributed by atoms with Gasteiger partial charge in [-0.2, -0.15) is 0 Å². The maximum Gasteiger partial charge on any atom is 0.192 e. The molecule has 0 saturated carbocycles. The van der Waals surface area contributed by atoms with Gasteiger partial charge >= 0.3 is 0 Å². The van der Waals surface area contributed by atoms with Crippen LogP contribution in [0.5, 0.6) is 0 Å². The molecule has 3 aliphatic heterocycles. The Morgan fingerprint density at radius 2 is 1.38 bits per heavy atom. The van der Waals surface area contributed by atoms with Crippen LogP contribution in [-0.2, 0) is 36.9 Å². The largest absolute Gasteiger partial charge is 0.392 e. The molecule has 3 heterocycles. The van der Waals surface area contributed by atoms with Gasteiger partial charge in [0.2, 0.25) is 0 Å². The van der Waals surface area contributed by atoms with Crippen molar-refractivity contribution in [1.82, 2.24) is 0 Å². The maximum atomic E-state index is 11.7. The molecule has 0 aliphatic carbocycles. The monoisotopic (exact) mass is 540 g/mol. The van der Waals surface area contributed by atoms with E-state index in [1.165, 1.54) is 0 Å². The molecule has 0 spiro atoms. The lowest BCUT2D eigenvalue weighted by atomic mass is 9.67. The number of aliphatic hydroxyl groups excluding tert-OH is 2. The second-order valence-electron chi connectivity index (χ2n) is 12.1. The fraction of sp³-hybridized carbons (Fsp3) is 0.625. The topological polar surface area (TPSA) is 86.6 Å². The molecule has 2 N–H and O–H groups in total. The Labute approximate surface area is 232 Å². The lowest BCUT2D eigenvalue weighted by molar-refractivity contribution is -0.250. The molecule has 2 bridgehead atoms. The molecule has 0 amide bonds. The molecule has 2 aromatic carbocycles. The number of fused-ring (bicyclic) bond motifs is 2. The van der Waals surface area contributed by atoms with E-state index in [0.717, 1.165) is 11.1 Å². The summed E-state index contributed by atoms with van der Waals surface area (Å²) in [7, 11) is 1.63. The Kier molecular flexibility index (Phi) is 8.24. The molecule has 0 unspecified atom stereocenters. The molecule has 0 aromatic heterocycles. The number of methoxy groups -OCH3 is 1. The first-order valence-electron chi connectivity index (χ1n) is 14.2. The molecule has 7 heteroatoms. The summed E-state index contributed by atoms with van der Waals surface area (Å²) < 4.78 is 31.4. The van der Waals surface area contributed by atoms with Gasteiger partial charge in [-0.15, -0.1) is 0 Å². The summed E-state index contributed by atoms with van der Waals surface area (Å²) in [5.41, 5.74) is 1.26. The molecule has 5 rings (SSSR count). The Morgan fingerprint density at radius 1 is 0.846 bits per heavy atom. The van der Waals surface area contributed by atoms with E-state index < -0.39 is 29.5 Å². The summed E-state index contributed by atoms with van der Waals surface area (Å²) in [6, 6.07) is 20.0. The first-order valence-corrected chi connectivity index (χ1v) is 14.2. The number of hydrogen-bond acceptors (Lipinski definition) is 7. The smallest absolute Gasteiger partial charge is 0.192 e. The highest BCUT2D eigenvalue weighted by molar-refractivity contribution is 5.18. The number of benzene rings is 2. The van der Waals surface area contributed by atoms with Gasteiger partial charge in [-0.05, 0) is 25.0 Å². The standard InChI is InChI=1S/C32H44O7/c1-19(26-20(2)30(32(5,35-6)39-26)37-18-23-15-11-8-12-16-23)25(33)24-27-21(3)29(31(4,38-27)28(24)34)36-17-22-13-9-7-10-14-22/h7-16,19-21,24-30,33-34H,17-18H2,1-6H3/t19-,20+,21+,24+,25-,26-,27+,28+,29-,30-,31+,32+/m0/s1. The first-order chi connectivity index (χ1) is 18.6. The number of aliphatic hydroxyl groups is 2. The Hall–Kier alpha value is -1.84. The van der Waals surface area contributed by atoms with Crippen molar-refractivity contribution in [3.63, 3.8) is 0 Å². The van der Waals surface area contributed by atoms with E-state index >= 15 is 0 Å². The third kappa shape index (κ3) is 5.08. The minimum Gasteiger partial charge on any atom is -0.392 e. The van der Waals surface area contributed by atoms with E-state index in [0.29, 0.717) is 13.2 Å². The Bertz CT molecular complexity index is 1080. The van der Waals surface area contributed by atoms with Crippen molar-refractivity contribution in [3.8, 4) is 0 Å². The van der Waals surface area contributed by atoms with Gasteiger partial charge in [0, 0.05) is 30.8 Å². The summed E-state index contributed by atoms with van der Waals surface area (Å²) in [6.45, 7) is 10.9. The summed E-state index contributed by atoms with van der Waals surface area (Å²) in [4.78, 5) is 0. The zero-order valence-corrected chi connectivity index (χ0v) is 23.9. The molecule has 0 radical (unpaired) electrons. The van der Waals surface area contributed by atoms with Crippen molar-refractivity contribution < 1.29 is 33.9 Å². The van der Waals surface area contributed by atoms with Crippen LogP contribution in [0.1, 0.15) is 45.7 Å². The van der Waals surface area contributed by atoms with Crippen molar-refractivity contribution in [2.75, 3.05) is 7.11 Å². The fourth-order valence-electron chi connectivity index (χ4n) is 7.30. The van der Waals surface area contributed by atoms with Gasteiger partial charge in [0.05, 0.1) is 43.7 Å². The highest BCUT2D eigenvalue weighted by atomic mass is 16.7. The highest BCUT2D eigenvalue weighted by Crippen LogP contribution is 2.54. The zero-order valence-electron chi connectivity index (χ0n) is 23.9. The molecule has 2 aromatic rings. The van der Waals surface area contributed by atoms with Crippen LogP contribution in [0, 0.1) is 23.7 Å². The van der Waals surface area contributed by atoms with Gasteiger partial charge in [-0.3, -0.25) is 0 Å². The summed E-state index contributed by atoms with van der Waals surface area (Å²) in [5, 5.41) is 23.2. The third-order valence-electron chi connectivity index (χ3n) is 9.57. The van der Waals surface area contributed by atoms with Crippen molar-refractivity contribution >= 4 is 0 Å². The first kappa shape index (κ1) is 28.7. The predicted molar refractivity (Wildman–Crippen MR) is 147 cm³/mol. The normalized spacial score (nSPS) is 41.1. The van der Waals surface area contributed by atoms with E-state index in [9.17, 15) is 10.2 Å². The van der Waals surface area contributed by atoms with Crippen LogP contribution < -0.4 is 0 Å². The summed E-state index contributed by atoms with van der Waals surface area (Å²) in [6.07, 6.45) is -2.95. The van der Waals surface area contributed by atoms with Crippen LogP contribution in [0.25, 0.3) is 0 Å². The minimum absolute atomic E-state index is 0.0158. The molecule has 3 fully saturated rings. The van der Waals surface area contributed by atoms with Gasteiger partial charge in [0.25, 0.3) is 0 Å². The summed E-state index contributed by atoms with van der Waals surface area (Å²) >= 11 is 0. The predicted octanol–water partition coefficient (Wildman–Crippen LogP) is 4.34. The molecule has 3 saturated heterocycles. The van der Waals surface area contributed by atoms with Gasteiger partial charge in [-0.25, -0.2) is 0 Å². The van der Waals surface area contributed by atoms with E-state index in [1.807, 2.05) is 81.4 Å². The van der Waals surface area contributed by atoms with Crippen molar-refractivity contribution in [3.05, 3.63) is 71.8 Å². The van der Waals surface area contributed by atoms with E-state index in [-0.39, 0.29) is 42.2 Å². The van der Waals surface area contributed by atoms with Crippen molar-refractivity contribution in [1.29, 1.82) is 0 Å². The van der Waals surface area contributed by atoms with Crippen LogP contribution in [0.15, 0.2) is 60.7 Å². The van der Waals surface area contributed by atoms with Gasteiger partial charge in [0.15, 0.2) is 5.79 Å². The quantitative estimate of drug-likeness (QED) is 0.464. The van der Waals surface area contributed by atoms with Crippen molar-refractivity contribution in [2.45, 2.75) is 95.8 Å². The van der Waals surface area contributed by atoms with Crippen LogP contribution in [0.3, 0.4) is 0 Å². The lowest BCUT2D eigenvalue weighted by Gasteiger charge is -2.42. The SMILES string of the molecule is CO[C@]1(C)O[C@@H]([C@@H](C)[C@H](O)[C@@H]2[C@@H]3O[C@](C)([C@@H]2O)[C@@H](OCc2ccccc2)[C@@H]3C)[C@@H](C)[C@@H]1OCc1ccccc1. The molecular formula is C32H44O7. The minimum atomic E-state index is -0.952. The number of rotatable bonds is 10. The number of hydrogen-bond donors (Lipinski definition) is 2. The second kappa shape index (κ2) is 11.2. The van der Waals surface area contributed by atoms with Gasteiger partial charge < -0.3 is 33.9 Å². The average molecular weight is 541 g/mol. The zero-order chi connectivity index (χ0) is 27.9. The second-order valence-corrected chi connectivity index (χ2v) is 12.1. The van der Waals surface area contributed by atoms with Crippen LogP contribution in [0.4, 0.5) is 0 Å². The molecule has 12 atom stereocenters. The van der Waals surface area contributed by atoms with E-state index in [1.54, 1.807) is 7.11 Å². The lowest BCUT2D eigenvalue weighted by Crippen LogP contribution is -2.58. The summed E-state index contributed by atoms with van der Waals surface area (Å²) in [5.74, 6) is -1.73. The molecular weight excluding hydrogens is 496 g/mol. The molecule has 214 valence electrons. The number of ether oxygens (including phenoxy) is 5. The molecule has 7 nitrogen and oxygen atoms in total. The van der Waals surface area contributed by atoms with E-state index in [4.69, 9.17) is 23.7 Å². The van der Waals surface area contributed by atoms with Crippen LogP contribution in [0.2, 0.25) is 0 Å². The maximum absolute atomic E-state index is 11.7. The Morgan fingerprint density at radius 3 is 1.92 bits per heavy atom. The van der Waals surface area contributed by atoms with Crippen molar-refractivity contribution in [2.24, 2.45) is 23.7 Å². The highest BCUT2D eigenvalue weighted by Gasteiger charge is 2.68. The third-order valence-corrected chi connectivity index (χ3v) is 9.57. The van der Waals surface area contributed by atoms with Gasteiger partial charge in [0.1, 0.15) is 11.7 Å². The van der Waals surface area contributed by atoms with Crippen LogP contribution >= 0.6 is 0 Å². The fourth-order valence-corrected chi connectivity index (χ4v) is 7.30. The van der Waals surface area contributed by atoms with E-state index in [2.05, 4.69) is 13.8 Å². The molecule has 3 aliphatic rings. The molecule has 39 heavy (non-hydrogen) atoms. The van der Waals surface area contributed by atoms with Gasteiger partial charge in [-0.1, -0.05) is 81.4 Å². The van der Waals surface area contributed by atoms with Crippen LogP contribution in [-0.4, -0.2) is 65.3 Å².